The molecule has 1 aromatic rings. The average Bonchev–Trinajstić information content (AvgIpc) is 3.04. The standard InChI is InChI=1S/C10H22.C9H10N2O2/c1-3-5-7-9-10-8-6-4-2;12-5-10-4-7-1-2-8-9(3-7)13-6-11-8/h3-10H2,1-2H3;1-3,5,11H,4,6H2,(H,10,12). The summed E-state index contributed by atoms with van der Waals surface area (Å²) < 4.78 is 5.29. The molecule has 0 fully saturated rings. The monoisotopic (exact) mass is 320 g/mol. The Hall–Kier alpha value is -1.71. The third kappa shape index (κ3) is 8.48. The summed E-state index contributed by atoms with van der Waals surface area (Å²) in [5, 5.41) is 5.67. The predicted octanol–water partition coefficient (Wildman–Crippen LogP) is 4.84. The van der Waals surface area contributed by atoms with Gasteiger partial charge in [-0.25, -0.2) is 0 Å². The van der Waals surface area contributed by atoms with Gasteiger partial charge in [-0.3, -0.25) is 4.79 Å². The smallest absolute Gasteiger partial charge is 0.207 e. The number of carbonyl (C=O) groups excluding carboxylic acids is 1. The zero-order valence-electron chi connectivity index (χ0n) is 14.7. The van der Waals surface area contributed by atoms with Crippen LogP contribution in [0.25, 0.3) is 0 Å². The lowest BCUT2D eigenvalue weighted by Crippen LogP contribution is -2.09. The van der Waals surface area contributed by atoms with Crippen molar-refractivity contribution >= 4 is 12.1 Å². The van der Waals surface area contributed by atoms with Crippen molar-refractivity contribution in [3.63, 3.8) is 0 Å². The number of benzene rings is 1. The number of fused-ring (bicyclic) bond motifs is 1. The summed E-state index contributed by atoms with van der Waals surface area (Å²) >= 11 is 0. The van der Waals surface area contributed by atoms with Crippen molar-refractivity contribution < 1.29 is 9.53 Å². The van der Waals surface area contributed by atoms with E-state index in [0.717, 1.165) is 17.0 Å². The van der Waals surface area contributed by atoms with Gasteiger partial charge in [-0.1, -0.05) is 71.3 Å². The Balaban J connectivity index is 0.000000241. The molecule has 0 saturated heterocycles. The van der Waals surface area contributed by atoms with E-state index in [0.29, 0.717) is 19.7 Å². The fourth-order valence-electron chi connectivity index (χ4n) is 2.50. The summed E-state index contributed by atoms with van der Waals surface area (Å²) in [5.41, 5.74) is 2.05. The van der Waals surface area contributed by atoms with Crippen LogP contribution in [0.2, 0.25) is 0 Å². The van der Waals surface area contributed by atoms with Gasteiger partial charge in [0, 0.05) is 6.54 Å². The van der Waals surface area contributed by atoms with Gasteiger partial charge in [-0.05, 0) is 17.7 Å². The van der Waals surface area contributed by atoms with Crippen molar-refractivity contribution in [1.82, 2.24) is 5.32 Å². The minimum absolute atomic E-state index is 0.528. The van der Waals surface area contributed by atoms with Crippen molar-refractivity contribution in [2.45, 2.75) is 71.8 Å². The van der Waals surface area contributed by atoms with Crippen LogP contribution in [0.1, 0.15) is 70.8 Å². The Kier molecular flexibility index (Phi) is 10.8. The molecular formula is C19H32N2O2. The number of ether oxygens (including phenoxy) is 1. The second-order valence-corrected chi connectivity index (χ2v) is 5.92. The van der Waals surface area contributed by atoms with Crippen molar-refractivity contribution in [3.05, 3.63) is 23.8 Å². The first-order chi connectivity index (χ1) is 11.3. The molecule has 1 aliphatic rings. The van der Waals surface area contributed by atoms with Gasteiger partial charge < -0.3 is 15.4 Å². The summed E-state index contributed by atoms with van der Waals surface area (Å²) in [6, 6.07) is 5.83. The van der Waals surface area contributed by atoms with E-state index in [9.17, 15) is 4.79 Å². The van der Waals surface area contributed by atoms with Gasteiger partial charge in [-0.15, -0.1) is 0 Å². The molecule has 130 valence electrons. The molecule has 0 bridgehead atoms. The Labute approximate surface area is 141 Å². The van der Waals surface area contributed by atoms with Gasteiger partial charge in [-0.2, -0.15) is 0 Å². The molecule has 0 radical (unpaired) electrons. The number of carbonyl (C=O) groups is 1. The van der Waals surface area contributed by atoms with Crippen LogP contribution in [0.15, 0.2) is 18.2 Å². The molecular weight excluding hydrogens is 288 g/mol. The molecule has 0 aromatic heterocycles. The quantitative estimate of drug-likeness (QED) is 0.479. The van der Waals surface area contributed by atoms with Gasteiger partial charge in [0.25, 0.3) is 0 Å². The zero-order valence-corrected chi connectivity index (χ0v) is 14.7. The van der Waals surface area contributed by atoms with Crippen LogP contribution in [0.4, 0.5) is 5.69 Å². The van der Waals surface area contributed by atoms with Crippen LogP contribution in [0.5, 0.6) is 5.75 Å². The van der Waals surface area contributed by atoms with Crippen molar-refractivity contribution in [1.29, 1.82) is 0 Å². The van der Waals surface area contributed by atoms with Gasteiger partial charge in [0.1, 0.15) is 5.75 Å². The van der Waals surface area contributed by atoms with Crippen LogP contribution >= 0.6 is 0 Å². The molecule has 1 aromatic carbocycles. The zero-order chi connectivity index (χ0) is 16.8. The SMILES string of the molecule is CCCCCCCCCC.O=CNCc1ccc2c(c1)OCN2. The van der Waals surface area contributed by atoms with Crippen LogP contribution in [0, 0.1) is 0 Å². The van der Waals surface area contributed by atoms with Gasteiger partial charge in [0.2, 0.25) is 6.41 Å². The number of hydrogen-bond acceptors (Lipinski definition) is 3. The number of unbranched alkanes of at least 4 members (excludes halogenated alkanes) is 7. The van der Waals surface area contributed by atoms with E-state index < -0.39 is 0 Å². The third-order valence-electron chi connectivity index (χ3n) is 3.88. The first-order valence-corrected chi connectivity index (χ1v) is 8.98. The lowest BCUT2D eigenvalue weighted by molar-refractivity contribution is -0.109. The largest absolute Gasteiger partial charge is 0.471 e. The molecule has 1 aliphatic heterocycles. The Morgan fingerprint density at radius 1 is 1.09 bits per heavy atom. The molecule has 0 spiro atoms. The summed E-state index contributed by atoms with van der Waals surface area (Å²) in [6.07, 6.45) is 12.1. The molecule has 4 heteroatoms. The topological polar surface area (TPSA) is 50.4 Å². The lowest BCUT2D eigenvalue weighted by atomic mass is 10.1. The second-order valence-electron chi connectivity index (χ2n) is 5.92. The number of hydrogen-bond donors (Lipinski definition) is 2. The van der Waals surface area contributed by atoms with E-state index in [-0.39, 0.29) is 0 Å². The summed E-state index contributed by atoms with van der Waals surface area (Å²) in [4.78, 5) is 10.1. The fraction of sp³-hybridized carbons (Fsp3) is 0.632. The van der Waals surface area contributed by atoms with Crippen LogP contribution in [-0.4, -0.2) is 13.1 Å². The normalized spacial score (nSPS) is 11.6. The molecule has 2 rings (SSSR count). The molecule has 0 saturated carbocycles. The highest BCUT2D eigenvalue weighted by Crippen LogP contribution is 2.29. The van der Waals surface area contributed by atoms with Gasteiger partial charge in [0.15, 0.2) is 6.73 Å². The minimum atomic E-state index is 0.528. The van der Waals surface area contributed by atoms with E-state index in [4.69, 9.17) is 4.74 Å². The highest BCUT2D eigenvalue weighted by molar-refractivity contribution is 5.60. The summed E-state index contributed by atoms with van der Waals surface area (Å²) in [6.45, 7) is 5.61. The number of amides is 1. The Morgan fingerprint density at radius 2 is 1.74 bits per heavy atom. The fourth-order valence-corrected chi connectivity index (χ4v) is 2.50. The van der Waals surface area contributed by atoms with Gasteiger partial charge >= 0.3 is 0 Å². The summed E-state index contributed by atoms with van der Waals surface area (Å²) in [5.74, 6) is 0.852. The maximum atomic E-state index is 10.1. The molecule has 23 heavy (non-hydrogen) atoms. The highest BCUT2D eigenvalue weighted by atomic mass is 16.5. The first-order valence-electron chi connectivity index (χ1n) is 8.98. The second kappa shape index (κ2) is 12.8. The number of rotatable bonds is 10. The van der Waals surface area contributed by atoms with E-state index in [1.54, 1.807) is 0 Å². The van der Waals surface area contributed by atoms with Crippen LogP contribution in [0.3, 0.4) is 0 Å². The highest BCUT2D eigenvalue weighted by Gasteiger charge is 2.10. The van der Waals surface area contributed by atoms with E-state index in [1.807, 2.05) is 18.2 Å². The van der Waals surface area contributed by atoms with E-state index >= 15 is 0 Å². The minimum Gasteiger partial charge on any atom is -0.471 e. The molecule has 2 N–H and O–H groups in total. The molecule has 0 unspecified atom stereocenters. The average molecular weight is 320 g/mol. The first kappa shape index (κ1) is 19.3. The van der Waals surface area contributed by atoms with E-state index in [1.165, 1.54) is 51.4 Å². The maximum Gasteiger partial charge on any atom is 0.207 e. The van der Waals surface area contributed by atoms with Crippen molar-refractivity contribution in [2.24, 2.45) is 0 Å². The Morgan fingerprint density at radius 3 is 2.35 bits per heavy atom. The van der Waals surface area contributed by atoms with Crippen LogP contribution in [-0.2, 0) is 11.3 Å². The maximum absolute atomic E-state index is 10.1. The Bertz CT molecular complexity index is 427. The summed E-state index contributed by atoms with van der Waals surface area (Å²) in [7, 11) is 0. The lowest BCUT2D eigenvalue weighted by Gasteiger charge is -2.02. The predicted molar refractivity (Wildman–Crippen MR) is 96.7 cm³/mol. The molecule has 0 atom stereocenters. The van der Waals surface area contributed by atoms with Crippen LogP contribution < -0.4 is 15.4 Å². The number of anilines is 1. The van der Waals surface area contributed by atoms with Crippen molar-refractivity contribution in [2.75, 3.05) is 12.0 Å². The number of nitrogens with one attached hydrogen (secondary N) is 2. The molecule has 1 amide bonds. The molecule has 4 nitrogen and oxygen atoms in total. The molecule has 1 heterocycles. The molecule has 0 aliphatic carbocycles. The van der Waals surface area contributed by atoms with E-state index in [2.05, 4.69) is 24.5 Å². The van der Waals surface area contributed by atoms with Crippen molar-refractivity contribution in [3.8, 4) is 5.75 Å². The van der Waals surface area contributed by atoms with Gasteiger partial charge in [0.05, 0.1) is 5.69 Å². The third-order valence-corrected chi connectivity index (χ3v) is 3.88.